The van der Waals surface area contributed by atoms with Crippen LogP contribution in [0.3, 0.4) is 0 Å². The average Bonchev–Trinajstić information content (AvgIpc) is 3.06. The number of sulfonamides is 1. The molecule has 3 rings (SSSR count). The minimum atomic E-state index is -3.91. The predicted octanol–water partition coefficient (Wildman–Crippen LogP) is 3.70. The third kappa shape index (κ3) is 3.21. The van der Waals surface area contributed by atoms with Crippen molar-refractivity contribution >= 4 is 22.0 Å². The maximum atomic E-state index is 13.6. The fourth-order valence-electron chi connectivity index (χ4n) is 2.12. The van der Waals surface area contributed by atoms with Gasteiger partial charge in [-0.15, -0.1) is 0 Å². The maximum absolute atomic E-state index is 13.6. The third-order valence-corrected chi connectivity index (χ3v) is 4.69. The summed E-state index contributed by atoms with van der Waals surface area (Å²) in [5, 5.41) is 0. The molecular weight excluding hydrogens is 333 g/mol. The van der Waals surface area contributed by atoms with Gasteiger partial charge < -0.3 is 4.42 Å². The van der Waals surface area contributed by atoms with Gasteiger partial charge >= 0.3 is 0 Å². The first kappa shape index (κ1) is 15.9. The van der Waals surface area contributed by atoms with Crippen molar-refractivity contribution in [2.24, 2.45) is 0 Å². The second-order valence-electron chi connectivity index (χ2n) is 4.93. The SMILES string of the molecule is O=Cc1ccc(-c2ccc(S(=O)(=O)Nc3ccccc3F)cc2)o1. The summed E-state index contributed by atoms with van der Waals surface area (Å²) in [6, 6.07) is 14.5. The topological polar surface area (TPSA) is 76.4 Å². The Kier molecular flexibility index (Phi) is 4.18. The van der Waals surface area contributed by atoms with Gasteiger partial charge in [0.1, 0.15) is 11.6 Å². The molecule has 0 spiro atoms. The van der Waals surface area contributed by atoms with Gasteiger partial charge in [-0.05, 0) is 48.5 Å². The van der Waals surface area contributed by atoms with Crippen molar-refractivity contribution in [2.45, 2.75) is 4.90 Å². The van der Waals surface area contributed by atoms with Crippen LogP contribution in [-0.4, -0.2) is 14.7 Å². The molecule has 0 saturated carbocycles. The smallest absolute Gasteiger partial charge is 0.261 e. The number of hydrogen-bond acceptors (Lipinski definition) is 4. The predicted molar refractivity (Wildman–Crippen MR) is 86.7 cm³/mol. The van der Waals surface area contributed by atoms with Crippen molar-refractivity contribution in [3.05, 3.63) is 72.2 Å². The van der Waals surface area contributed by atoms with Crippen LogP contribution in [0.25, 0.3) is 11.3 Å². The molecule has 3 aromatic rings. The Hall–Kier alpha value is -2.93. The van der Waals surface area contributed by atoms with Gasteiger partial charge in [-0.2, -0.15) is 0 Å². The van der Waals surface area contributed by atoms with E-state index >= 15 is 0 Å². The molecule has 0 unspecified atom stereocenters. The molecular formula is C17H12FNO4S. The minimum Gasteiger partial charge on any atom is -0.453 e. The van der Waals surface area contributed by atoms with E-state index in [0.29, 0.717) is 17.6 Å². The van der Waals surface area contributed by atoms with Crippen LogP contribution in [0.15, 0.2) is 70.0 Å². The highest BCUT2D eigenvalue weighted by atomic mass is 32.2. The Balaban J connectivity index is 1.86. The fourth-order valence-corrected chi connectivity index (χ4v) is 3.18. The van der Waals surface area contributed by atoms with E-state index in [2.05, 4.69) is 4.72 Å². The van der Waals surface area contributed by atoms with Crippen LogP contribution in [0, 0.1) is 5.82 Å². The Morgan fingerprint density at radius 2 is 1.67 bits per heavy atom. The summed E-state index contributed by atoms with van der Waals surface area (Å²) in [6.45, 7) is 0. The molecule has 5 nitrogen and oxygen atoms in total. The van der Waals surface area contributed by atoms with Crippen molar-refractivity contribution < 1.29 is 22.0 Å². The van der Waals surface area contributed by atoms with E-state index in [9.17, 15) is 17.6 Å². The van der Waals surface area contributed by atoms with E-state index in [1.54, 1.807) is 18.2 Å². The molecule has 0 saturated heterocycles. The highest BCUT2D eigenvalue weighted by molar-refractivity contribution is 7.92. The van der Waals surface area contributed by atoms with Crippen molar-refractivity contribution in [3.63, 3.8) is 0 Å². The van der Waals surface area contributed by atoms with Crippen LogP contribution in [0.2, 0.25) is 0 Å². The number of aldehydes is 1. The van der Waals surface area contributed by atoms with Gasteiger partial charge in [0.05, 0.1) is 10.6 Å². The first-order valence-corrected chi connectivity index (χ1v) is 8.41. The lowest BCUT2D eigenvalue weighted by Crippen LogP contribution is -2.13. The number of benzene rings is 2. The van der Waals surface area contributed by atoms with E-state index in [1.807, 2.05) is 0 Å². The van der Waals surface area contributed by atoms with Gasteiger partial charge in [0.25, 0.3) is 10.0 Å². The van der Waals surface area contributed by atoms with Gasteiger partial charge in [0, 0.05) is 5.56 Å². The lowest BCUT2D eigenvalue weighted by atomic mass is 10.2. The zero-order valence-corrected chi connectivity index (χ0v) is 13.1. The monoisotopic (exact) mass is 345 g/mol. The summed E-state index contributed by atoms with van der Waals surface area (Å²) in [7, 11) is -3.91. The van der Waals surface area contributed by atoms with Crippen molar-refractivity contribution in [3.8, 4) is 11.3 Å². The number of furan rings is 1. The first-order chi connectivity index (χ1) is 11.5. The molecule has 0 amide bonds. The molecule has 1 N–H and O–H groups in total. The molecule has 1 aromatic heterocycles. The van der Waals surface area contributed by atoms with Gasteiger partial charge in [0.15, 0.2) is 12.0 Å². The zero-order valence-electron chi connectivity index (χ0n) is 12.3. The number of hydrogen-bond donors (Lipinski definition) is 1. The van der Waals surface area contributed by atoms with Gasteiger partial charge in [-0.25, -0.2) is 12.8 Å². The van der Waals surface area contributed by atoms with E-state index in [0.717, 1.165) is 0 Å². The molecule has 122 valence electrons. The first-order valence-electron chi connectivity index (χ1n) is 6.92. The Labute approximate surface area is 137 Å². The molecule has 0 atom stereocenters. The molecule has 0 bridgehead atoms. The molecule has 1 heterocycles. The van der Waals surface area contributed by atoms with Crippen LogP contribution in [0.4, 0.5) is 10.1 Å². The summed E-state index contributed by atoms with van der Waals surface area (Å²) < 4.78 is 45.7. The Morgan fingerprint density at radius 1 is 0.958 bits per heavy atom. The molecule has 2 aromatic carbocycles. The summed E-state index contributed by atoms with van der Waals surface area (Å²) in [5.74, 6) is -0.0271. The number of rotatable bonds is 5. The minimum absolute atomic E-state index is 0.0170. The summed E-state index contributed by atoms with van der Waals surface area (Å²) in [6.07, 6.45) is 0.584. The standard InChI is InChI=1S/C17H12FNO4S/c18-15-3-1-2-4-16(15)19-24(21,22)14-8-5-12(6-9-14)17-10-7-13(11-20)23-17/h1-11,19H. The normalized spacial score (nSPS) is 11.2. The van der Waals surface area contributed by atoms with Gasteiger partial charge in [0.2, 0.25) is 0 Å². The molecule has 0 radical (unpaired) electrons. The van der Waals surface area contributed by atoms with E-state index < -0.39 is 15.8 Å². The fraction of sp³-hybridized carbons (Fsp3) is 0. The average molecular weight is 345 g/mol. The lowest BCUT2D eigenvalue weighted by Gasteiger charge is -2.09. The molecule has 0 aliphatic carbocycles. The highest BCUT2D eigenvalue weighted by Gasteiger charge is 2.16. The van der Waals surface area contributed by atoms with Crippen LogP contribution >= 0.6 is 0 Å². The highest BCUT2D eigenvalue weighted by Crippen LogP contribution is 2.24. The zero-order chi connectivity index (χ0) is 17.2. The van der Waals surface area contributed by atoms with Crippen LogP contribution in [0.1, 0.15) is 10.6 Å². The molecule has 0 fully saturated rings. The number of para-hydroxylation sites is 1. The summed E-state index contributed by atoms with van der Waals surface area (Å²) in [4.78, 5) is 10.6. The molecule has 7 heteroatoms. The number of halogens is 1. The number of carbonyl (C=O) groups is 1. The van der Waals surface area contributed by atoms with Crippen LogP contribution in [0.5, 0.6) is 0 Å². The lowest BCUT2D eigenvalue weighted by molar-refractivity contribution is 0.110. The quantitative estimate of drug-likeness (QED) is 0.715. The Bertz CT molecular complexity index is 978. The summed E-state index contributed by atoms with van der Waals surface area (Å²) >= 11 is 0. The van der Waals surface area contributed by atoms with Crippen LogP contribution in [-0.2, 0) is 10.0 Å². The second kappa shape index (κ2) is 6.29. The summed E-state index contributed by atoms with van der Waals surface area (Å²) in [5.41, 5.74) is 0.496. The Morgan fingerprint density at radius 3 is 2.29 bits per heavy atom. The number of anilines is 1. The van der Waals surface area contributed by atoms with Gasteiger partial charge in [-0.3, -0.25) is 9.52 Å². The van der Waals surface area contributed by atoms with Crippen LogP contribution < -0.4 is 4.72 Å². The van der Waals surface area contributed by atoms with E-state index in [1.165, 1.54) is 42.5 Å². The largest absolute Gasteiger partial charge is 0.453 e. The number of nitrogens with one attached hydrogen (secondary N) is 1. The molecule has 0 aliphatic heterocycles. The van der Waals surface area contributed by atoms with Crippen molar-refractivity contribution in [2.75, 3.05) is 4.72 Å². The van der Waals surface area contributed by atoms with E-state index in [4.69, 9.17) is 4.42 Å². The van der Waals surface area contributed by atoms with Gasteiger partial charge in [-0.1, -0.05) is 12.1 Å². The maximum Gasteiger partial charge on any atom is 0.261 e. The number of carbonyl (C=O) groups excluding carboxylic acids is 1. The third-order valence-electron chi connectivity index (χ3n) is 3.31. The second-order valence-corrected chi connectivity index (χ2v) is 6.61. The molecule has 0 aliphatic rings. The van der Waals surface area contributed by atoms with E-state index in [-0.39, 0.29) is 16.3 Å². The van der Waals surface area contributed by atoms with Crippen molar-refractivity contribution in [1.29, 1.82) is 0 Å². The molecule has 24 heavy (non-hydrogen) atoms. The van der Waals surface area contributed by atoms with Crippen molar-refractivity contribution in [1.82, 2.24) is 0 Å².